The van der Waals surface area contributed by atoms with Crippen molar-refractivity contribution in [3.63, 3.8) is 0 Å². The molecule has 2 fully saturated rings. The van der Waals surface area contributed by atoms with Gasteiger partial charge < -0.3 is 24.0 Å². The molecule has 2 amide bonds. The predicted octanol–water partition coefficient (Wildman–Crippen LogP) is 2.03. The highest BCUT2D eigenvalue weighted by Gasteiger charge is 2.30. The molecule has 0 spiro atoms. The fourth-order valence-corrected chi connectivity index (χ4v) is 5.99. The number of amides is 2. The molecular formula is C23H37N3O7S. The van der Waals surface area contributed by atoms with E-state index >= 15 is 0 Å². The first kappa shape index (κ1) is 27.9. The average molecular weight is 500 g/mol. The standard InChI is InChI=1S/C13H19NO3S.C10H18N2O4/c1-10-8-12(17-3)9-11(2)13(10)18(15,16)14-6-4-5-7-14;1-3-16-10(14)12-6-4-11(5-7-12)9(13)8-15-2/h8-9H,4-7H2,1-3H3;3-8H2,1-2H3. The molecule has 2 aliphatic rings. The summed E-state index contributed by atoms with van der Waals surface area (Å²) in [5, 5.41) is 0. The number of nitrogens with zero attached hydrogens (tertiary/aromatic N) is 3. The topological polar surface area (TPSA) is 106 Å². The Bertz CT molecular complexity index is 889. The summed E-state index contributed by atoms with van der Waals surface area (Å²) in [6.45, 7) is 9.28. The quantitative estimate of drug-likeness (QED) is 0.590. The van der Waals surface area contributed by atoms with E-state index in [1.165, 1.54) is 7.11 Å². The molecule has 0 atom stereocenters. The highest BCUT2D eigenvalue weighted by molar-refractivity contribution is 7.89. The summed E-state index contributed by atoms with van der Waals surface area (Å²) in [6, 6.07) is 3.55. The van der Waals surface area contributed by atoms with E-state index in [0.29, 0.717) is 56.5 Å². The van der Waals surface area contributed by atoms with Gasteiger partial charge in [0.2, 0.25) is 15.9 Å². The summed E-state index contributed by atoms with van der Waals surface area (Å²) in [4.78, 5) is 26.6. The van der Waals surface area contributed by atoms with Crippen LogP contribution in [-0.4, -0.2) is 101 Å². The number of carbonyl (C=O) groups is 2. The molecule has 1 aromatic carbocycles. The zero-order chi connectivity index (χ0) is 25.3. The molecular weight excluding hydrogens is 462 g/mol. The average Bonchev–Trinajstić information content (AvgIpc) is 3.35. The first-order valence-electron chi connectivity index (χ1n) is 11.5. The molecule has 2 aliphatic heterocycles. The molecule has 2 saturated heterocycles. The molecule has 0 radical (unpaired) electrons. The van der Waals surface area contributed by atoms with Crippen molar-refractivity contribution in [3.8, 4) is 5.75 Å². The molecule has 34 heavy (non-hydrogen) atoms. The minimum atomic E-state index is -3.35. The van der Waals surface area contributed by atoms with Crippen LogP contribution in [0, 0.1) is 13.8 Å². The Balaban J connectivity index is 0.000000242. The second-order valence-corrected chi connectivity index (χ2v) is 10.1. The number of hydrogen-bond acceptors (Lipinski definition) is 7. The van der Waals surface area contributed by atoms with Gasteiger partial charge in [-0.15, -0.1) is 0 Å². The normalized spacial score (nSPS) is 16.6. The van der Waals surface area contributed by atoms with Crippen LogP contribution in [0.2, 0.25) is 0 Å². The van der Waals surface area contributed by atoms with Crippen LogP contribution in [0.1, 0.15) is 30.9 Å². The number of methoxy groups -OCH3 is 2. The molecule has 0 aliphatic carbocycles. The maximum Gasteiger partial charge on any atom is 0.409 e. The van der Waals surface area contributed by atoms with Gasteiger partial charge in [0.1, 0.15) is 12.4 Å². The van der Waals surface area contributed by atoms with Gasteiger partial charge in [-0.3, -0.25) is 4.79 Å². The maximum atomic E-state index is 12.6. The number of piperazine rings is 1. The van der Waals surface area contributed by atoms with Crippen LogP contribution in [0.4, 0.5) is 4.79 Å². The highest BCUT2D eigenvalue weighted by atomic mass is 32.2. The van der Waals surface area contributed by atoms with E-state index in [0.717, 1.165) is 24.0 Å². The van der Waals surface area contributed by atoms with Crippen molar-refractivity contribution in [1.82, 2.24) is 14.1 Å². The summed E-state index contributed by atoms with van der Waals surface area (Å²) in [7, 11) is -0.268. The third kappa shape index (κ3) is 7.07. The number of hydrogen-bond donors (Lipinski definition) is 0. The summed E-state index contributed by atoms with van der Waals surface area (Å²) in [5.41, 5.74) is 1.50. The van der Waals surface area contributed by atoms with Crippen molar-refractivity contribution in [3.05, 3.63) is 23.3 Å². The third-order valence-corrected chi connectivity index (χ3v) is 7.96. The minimum absolute atomic E-state index is 0.0361. The SMILES string of the molecule is CCOC(=O)N1CCN(C(=O)COC)CC1.COc1cc(C)c(S(=O)(=O)N2CCCC2)c(C)c1. The van der Waals surface area contributed by atoms with Crippen molar-refractivity contribution in [1.29, 1.82) is 0 Å². The fourth-order valence-electron chi connectivity index (χ4n) is 4.06. The maximum absolute atomic E-state index is 12.6. The lowest BCUT2D eigenvalue weighted by atomic mass is 10.1. The Morgan fingerprint density at radius 2 is 1.44 bits per heavy atom. The number of carbonyl (C=O) groups excluding carboxylic acids is 2. The molecule has 3 rings (SSSR count). The summed E-state index contributed by atoms with van der Waals surface area (Å²) in [5.74, 6) is 0.663. The van der Waals surface area contributed by atoms with E-state index in [2.05, 4.69) is 0 Å². The second-order valence-electron chi connectivity index (χ2n) is 8.20. The molecule has 0 saturated carbocycles. The first-order chi connectivity index (χ1) is 16.1. The number of sulfonamides is 1. The van der Waals surface area contributed by atoms with Gasteiger partial charge in [-0.25, -0.2) is 13.2 Å². The van der Waals surface area contributed by atoms with E-state index in [4.69, 9.17) is 14.2 Å². The molecule has 11 heteroatoms. The zero-order valence-corrected chi connectivity index (χ0v) is 21.6. The summed E-state index contributed by atoms with van der Waals surface area (Å²) < 4.78 is 41.5. The van der Waals surface area contributed by atoms with Gasteiger partial charge in [-0.1, -0.05) is 0 Å². The van der Waals surface area contributed by atoms with Crippen molar-refractivity contribution < 1.29 is 32.2 Å². The van der Waals surface area contributed by atoms with Gasteiger partial charge in [0.15, 0.2) is 0 Å². The van der Waals surface area contributed by atoms with Gasteiger partial charge in [-0.05, 0) is 56.9 Å². The smallest absolute Gasteiger partial charge is 0.409 e. The predicted molar refractivity (Wildman–Crippen MR) is 128 cm³/mol. The summed E-state index contributed by atoms with van der Waals surface area (Å²) in [6.07, 6.45) is 1.60. The summed E-state index contributed by atoms with van der Waals surface area (Å²) >= 11 is 0. The largest absolute Gasteiger partial charge is 0.497 e. The Labute approximate surface area is 202 Å². The molecule has 1 aromatic rings. The van der Waals surface area contributed by atoms with E-state index < -0.39 is 10.0 Å². The van der Waals surface area contributed by atoms with Crippen molar-refractivity contribution in [2.75, 3.05) is 66.7 Å². The number of rotatable bonds is 6. The van der Waals surface area contributed by atoms with Crippen LogP contribution in [-0.2, 0) is 24.3 Å². The lowest BCUT2D eigenvalue weighted by molar-refractivity contribution is -0.136. The van der Waals surface area contributed by atoms with E-state index in [1.807, 2.05) is 13.8 Å². The Kier molecular flexibility index (Phi) is 10.6. The molecule has 10 nitrogen and oxygen atoms in total. The lowest BCUT2D eigenvalue weighted by Gasteiger charge is -2.33. The third-order valence-electron chi connectivity index (χ3n) is 5.76. The van der Waals surface area contributed by atoms with E-state index in [9.17, 15) is 18.0 Å². The van der Waals surface area contributed by atoms with Crippen LogP contribution in [0.25, 0.3) is 0 Å². The van der Waals surface area contributed by atoms with E-state index in [1.54, 1.807) is 40.3 Å². The minimum Gasteiger partial charge on any atom is -0.497 e. The van der Waals surface area contributed by atoms with Crippen LogP contribution >= 0.6 is 0 Å². The first-order valence-corrected chi connectivity index (χ1v) is 12.9. The number of ether oxygens (including phenoxy) is 3. The molecule has 0 N–H and O–H groups in total. The van der Waals surface area contributed by atoms with Gasteiger partial charge in [0.25, 0.3) is 0 Å². The van der Waals surface area contributed by atoms with Crippen molar-refractivity contribution in [2.24, 2.45) is 0 Å². The molecule has 192 valence electrons. The molecule has 2 heterocycles. The molecule has 0 bridgehead atoms. The van der Waals surface area contributed by atoms with Gasteiger partial charge in [0.05, 0.1) is 18.6 Å². The van der Waals surface area contributed by atoms with Crippen molar-refractivity contribution in [2.45, 2.75) is 38.5 Å². The Hall–Kier alpha value is -2.37. The van der Waals surface area contributed by atoms with Crippen molar-refractivity contribution >= 4 is 22.0 Å². The fraction of sp³-hybridized carbons (Fsp3) is 0.652. The zero-order valence-electron chi connectivity index (χ0n) is 20.8. The second kappa shape index (κ2) is 12.9. The van der Waals surface area contributed by atoms with Crippen LogP contribution in [0.15, 0.2) is 17.0 Å². The Morgan fingerprint density at radius 1 is 0.912 bits per heavy atom. The van der Waals surface area contributed by atoms with Gasteiger partial charge in [0, 0.05) is 46.4 Å². The van der Waals surface area contributed by atoms with Gasteiger partial charge >= 0.3 is 6.09 Å². The molecule has 0 unspecified atom stereocenters. The molecule has 0 aromatic heterocycles. The van der Waals surface area contributed by atoms with Crippen LogP contribution in [0.5, 0.6) is 5.75 Å². The van der Waals surface area contributed by atoms with Crippen LogP contribution < -0.4 is 4.74 Å². The lowest BCUT2D eigenvalue weighted by Crippen LogP contribution is -2.51. The monoisotopic (exact) mass is 499 g/mol. The Morgan fingerprint density at radius 3 is 1.91 bits per heavy atom. The number of aryl methyl sites for hydroxylation is 2. The number of benzene rings is 1. The van der Waals surface area contributed by atoms with Crippen LogP contribution in [0.3, 0.4) is 0 Å². The highest BCUT2D eigenvalue weighted by Crippen LogP contribution is 2.29. The van der Waals surface area contributed by atoms with Gasteiger partial charge in [-0.2, -0.15) is 4.31 Å². The van der Waals surface area contributed by atoms with E-state index in [-0.39, 0.29) is 18.6 Å².